The fraction of sp³-hybridized carbons (Fsp3) is 0.538. The highest BCUT2D eigenvalue weighted by molar-refractivity contribution is 5.90. The molecule has 0 atom stereocenters. The first kappa shape index (κ1) is 21.3. The molecule has 0 saturated heterocycles. The molecule has 1 heterocycles. The van der Waals surface area contributed by atoms with Crippen LogP contribution in [0.15, 0.2) is 18.3 Å². The van der Waals surface area contributed by atoms with Gasteiger partial charge in [0.05, 0.1) is 11.9 Å². The number of amides is 1. The van der Waals surface area contributed by atoms with E-state index in [1.54, 1.807) is 6.20 Å². The largest absolute Gasteiger partial charge is 0.357 e. The summed E-state index contributed by atoms with van der Waals surface area (Å²) in [6, 6.07) is 3.82. The van der Waals surface area contributed by atoms with Crippen LogP contribution in [0, 0.1) is 0 Å². The molecule has 5 nitrogen and oxygen atoms in total. The molecule has 0 aliphatic carbocycles. The summed E-state index contributed by atoms with van der Waals surface area (Å²) in [5.41, 5.74) is 0.743. The van der Waals surface area contributed by atoms with Gasteiger partial charge in [0.15, 0.2) is 0 Å². The molecule has 20 heavy (non-hydrogen) atoms. The molecule has 1 amide bonds. The number of rotatable bonds is 7. The Balaban J connectivity index is 0. The lowest BCUT2D eigenvalue weighted by atomic mass is 10.3. The topological polar surface area (TPSA) is 57.3 Å². The van der Waals surface area contributed by atoms with Crippen LogP contribution in [0.1, 0.15) is 20.3 Å². The fourth-order valence-electron chi connectivity index (χ4n) is 1.66. The summed E-state index contributed by atoms with van der Waals surface area (Å²) >= 11 is 0. The third-order valence-corrected chi connectivity index (χ3v) is 2.72. The quantitative estimate of drug-likeness (QED) is 0.808. The summed E-state index contributed by atoms with van der Waals surface area (Å²) in [5.74, 6) is 0.940. The first-order chi connectivity index (χ1) is 8.71. The van der Waals surface area contributed by atoms with Gasteiger partial charge in [-0.05, 0) is 33.0 Å². The van der Waals surface area contributed by atoms with Crippen molar-refractivity contribution in [1.29, 1.82) is 0 Å². The normalized spacial score (nSPS) is 9.15. The van der Waals surface area contributed by atoms with Crippen LogP contribution < -0.4 is 15.5 Å². The Hall–Kier alpha value is -1.04. The Morgan fingerprint density at radius 3 is 2.35 bits per heavy atom. The summed E-state index contributed by atoms with van der Waals surface area (Å²) < 4.78 is 0. The zero-order valence-corrected chi connectivity index (χ0v) is 13.8. The van der Waals surface area contributed by atoms with Gasteiger partial charge in [-0.25, -0.2) is 4.98 Å². The highest BCUT2D eigenvalue weighted by atomic mass is 35.5. The molecule has 0 aromatic carbocycles. The van der Waals surface area contributed by atoms with Crippen LogP contribution in [0.2, 0.25) is 0 Å². The van der Waals surface area contributed by atoms with Gasteiger partial charge in [0, 0.05) is 26.1 Å². The standard InChI is InChI=1S/C13H22N4O.2ClH/c1-4-17(5-2)12-7-6-11(10-15-12)16-13(18)8-9-14-3;;/h6-7,10,14H,4-5,8-9H2,1-3H3,(H,16,18);2*1H. The second-order valence-electron chi connectivity index (χ2n) is 3.98. The minimum atomic E-state index is 0. The second-order valence-corrected chi connectivity index (χ2v) is 3.98. The van der Waals surface area contributed by atoms with E-state index < -0.39 is 0 Å². The molecule has 0 spiro atoms. The number of hydrogen-bond acceptors (Lipinski definition) is 4. The first-order valence-electron chi connectivity index (χ1n) is 6.36. The van der Waals surface area contributed by atoms with Gasteiger partial charge in [-0.1, -0.05) is 0 Å². The molecule has 0 unspecified atom stereocenters. The third kappa shape index (κ3) is 6.93. The molecule has 1 aromatic heterocycles. The number of pyridine rings is 1. The van der Waals surface area contributed by atoms with Crippen molar-refractivity contribution in [3.05, 3.63) is 18.3 Å². The van der Waals surface area contributed by atoms with Crippen LogP contribution in [0.4, 0.5) is 11.5 Å². The van der Waals surface area contributed by atoms with E-state index in [2.05, 4.69) is 34.4 Å². The monoisotopic (exact) mass is 322 g/mol. The van der Waals surface area contributed by atoms with E-state index >= 15 is 0 Å². The van der Waals surface area contributed by atoms with Crippen molar-refractivity contribution in [3.63, 3.8) is 0 Å². The number of hydrogen-bond donors (Lipinski definition) is 2. The van der Waals surface area contributed by atoms with E-state index in [0.29, 0.717) is 13.0 Å². The van der Waals surface area contributed by atoms with Crippen LogP contribution in [0.25, 0.3) is 0 Å². The summed E-state index contributed by atoms with van der Waals surface area (Å²) in [4.78, 5) is 18.0. The number of nitrogens with one attached hydrogen (secondary N) is 2. The Labute approximate surface area is 133 Å². The van der Waals surface area contributed by atoms with Crippen molar-refractivity contribution in [3.8, 4) is 0 Å². The maximum Gasteiger partial charge on any atom is 0.225 e. The maximum absolute atomic E-state index is 11.5. The van der Waals surface area contributed by atoms with Crippen molar-refractivity contribution in [2.75, 3.05) is 36.9 Å². The van der Waals surface area contributed by atoms with Crippen LogP contribution in [0.3, 0.4) is 0 Å². The Kier molecular flexibility index (Phi) is 12.5. The van der Waals surface area contributed by atoms with E-state index in [0.717, 1.165) is 24.6 Å². The first-order valence-corrected chi connectivity index (χ1v) is 6.36. The molecule has 116 valence electrons. The van der Waals surface area contributed by atoms with Crippen molar-refractivity contribution in [2.24, 2.45) is 0 Å². The summed E-state index contributed by atoms with van der Waals surface area (Å²) in [7, 11) is 1.83. The molecule has 1 rings (SSSR count). The van der Waals surface area contributed by atoms with Gasteiger partial charge in [-0.2, -0.15) is 0 Å². The number of halogens is 2. The third-order valence-electron chi connectivity index (χ3n) is 2.72. The number of aromatic nitrogens is 1. The Morgan fingerprint density at radius 2 is 1.90 bits per heavy atom. The predicted molar refractivity (Wildman–Crippen MR) is 89.5 cm³/mol. The fourth-order valence-corrected chi connectivity index (χ4v) is 1.66. The van der Waals surface area contributed by atoms with E-state index in [1.807, 2.05) is 19.2 Å². The lowest BCUT2D eigenvalue weighted by Crippen LogP contribution is -2.23. The van der Waals surface area contributed by atoms with Gasteiger partial charge in [-0.3, -0.25) is 4.79 Å². The van der Waals surface area contributed by atoms with Gasteiger partial charge < -0.3 is 15.5 Å². The summed E-state index contributed by atoms with van der Waals surface area (Å²) in [6.45, 7) is 6.72. The second kappa shape index (κ2) is 11.8. The molecule has 2 N–H and O–H groups in total. The van der Waals surface area contributed by atoms with Crippen molar-refractivity contribution in [2.45, 2.75) is 20.3 Å². The van der Waals surface area contributed by atoms with E-state index in [1.165, 1.54) is 0 Å². The predicted octanol–water partition coefficient (Wildman–Crippen LogP) is 2.32. The van der Waals surface area contributed by atoms with Crippen LogP contribution >= 0.6 is 24.8 Å². The lowest BCUT2D eigenvalue weighted by molar-refractivity contribution is -0.116. The number of anilines is 2. The zero-order chi connectivity index (χ0) is 13.4. The van der Waals surface area contributed by atoms with E-state index in [9.17, 15) is 4.79 Å². The van der Waals surface area contributed by atoms with Gasteiger partial charge in [-0.15, -0.1) is 24.8 Å². The summed E-state index contributed by atoms with van der Waals surface area (Å²) in [6.07, 6.45) is 2.17. The molecule has 0 bridgehead atoms. The van der Waals surface area contributed by atoms with Crippen LogP contribution in [-0.4, -0.2) is 37.6 Å². The summed E-state index contributed by atoms with van der Waals surface area (Å²) in [5, 5.41) is 5.76. The van der Waals surface area contributed by atoms with E-state index in [-0.39, 0.29) is 30.7 Å². The molecule has 7 heteroatoms. The Morgan fingerprint density at radius 1 is 1.25 bits per heavy atom. The van der Waals surface area contributed by atoms with Gasteiger partial charge >= 0.3 is 0 Å². The van der Waals surface area contributed by atoms with Gasteiger partial charge in [0.25, 0.3) is 0 Å². The van der Waals surface area contributed by atoms with Crippen LogP contribution in [0.5, 0.6) is 0 Å². The average Bonchev–Trinajstić information content (AvgIpc) is 2.40. The highest BCUT2D eigenvalue weighted by Crippen LogP contribution is 2.13. The molecule has 0 saturated carbocycles. The average molecular weight is 323 g/mol. The number of carbonyl (C=O) groups is 1. The molecule has 0 radical (unpaired) electrons. The van der Waals surface area contributed by atoms with Crippen LogP contribution in [-0.2, 0) is 4.79 Å². The molecule has 0 fully saturated rings. The smallest absolute Gasteiger partial charge is 0.225 e. The van der Waals surface area contributed by atoms with Crippen molar-refractivity contribution < 1.29 is 4.79 Å². The highest BCUT2D eigenvalue weighted by Gasteiger charge is 2.05. The number of carbonyl (C=O) groups excluding carboxylic acids is 1. The maximum atomic E-state index is 11.5. The molecule has 0 aliphatic heterocycles. The molecular formula is C13H24Cl2N4O. The van der Waals surface area contributed by atoms with Crippen molar-refractivity contribution in [1.82, 2.24) is 10.3 Å². The minimum Gasteiger partial charge on any atom is -0.357 e. The minimum absolute atomic E-state index is 0. The zero-order valence-electron chi connectivity index (χ0n) is 12.2. The van der Waals surface area contributed by atoms with Gasteiger partial charge in [0.1, 0.15) is 5.82 Å². The van der Waals surface area contributed by atoms with Crippen molar-refractivity contribution >= 4 is 42.2 Å². The lowest BCUT2D eigenvalue weighted by Gasteiger charge is -2.19. The Bertz CT molecular complexity index is 369. The van der Waals surface area contributed by atoms with Gasteiger partial charge in [0.2, 0.25) is 5.91 Å². The SMILES string of the molecule is CCN(CC)c1ccc(NC(=O)CCNC)cn1.Cl.Cl. The molecular weight excluding hydrogens is 299 g/mol. The number of nitrogens with zero attached hydrogens (tertiary/aromatic N) is 2. The van der Waals surface area contributed by atoms with E-state index in [4.69, 9.17) is 0 Å². The molecule has 0 aliphatic rings. The molecule has 1 aromatic rings.